The quantitative estimate of drug-likeness (QED) is 0.348. The third kappa shape index (κ3) is 4.65. The molecule has 1 aliphatic rings. The van der Waals surface area contributed by atoms with Crippen molar-refractivity contribution < 1.29 is 13.7 Å². The Labute approximate surface area is 208 Å². The third-order valence-corrected chi connectivity index (χ3v) is 6.30. The van der Waals surface area contributed by atoms with Crippen molar-refractivity contribution in [3.8, 4) is 17.1 Å². The van der Waals surface area contributed by atoms with Gasteiger partial charge in [0.15, 0.2) is 5.11 Å². The second-order valence-corrected chi connectivity index (χ2v) is 8.55. The molecule has 0 spiro atoms. The average molecular weight is 487 g/mol. The summed E-state index contributed by atoms with van der Waals surface area (Å²) in [4.78, 5) is 6.70. The van der Waals surface area contributed by atoms with Crippen molar-refractivity contribution in [1.29, 1.82) is 0 Å². The van der Waals surface area contributed by atoms with E-state index in [1.807, 2.05) is 54.3 Å². The van der Waals surface area contributed by atoms with Gasteiger partial charge in [0, 0.05) is 17.8 Å². The first-order chi connectivity index (χ1) is 17.0. The number of benzene rings is 3. The Morgan fingerprint density at radius 1 is 1.06 bits per heavy atom. The molecular formula is C27H23FN4O2S. The molecule has 1 atom stereocenters. The zero-order valence-electron chi connectivity index (χ0n) is 19.2. The lowest BCUT2D eigenvalue weighted by atomic mass is 9.94. The van der Waals surface area contributed by atoms with Gasteiger partial charge in [0.05, 0.1) is 18.7 Å². The summed E-state index contributed by atoms with van der Waals surface area (Å²) >= 11 is 5.79. The van der Waals surface area contributed by atoms with Crippen LogP contribution in [0.5, 0.6) is 5.75 Å². The third-order valence-electron chi connectivity index (χ3n) is 5.97. The van der Waals surface area contributed by atoms with E-state index in [1.54, 1.807) is 19.2 Å². The van der Waals surface area contributed by atoms with Crippen LogP contribution in [0.25, 0.3) is 17.0 Å². The summed E-state index contributed by atoms with van der Waals surface area (Å²) in [5.74, 6) is 1.15. The highest BCUT2D eigenvalue weighted by Crippen LogP contribution is 2.38. The van der Waals surface area contributed by atoms with E-state index in [0.29, 0.717) is 28.9 Å². The lowest BCUT2D eigenvalue weighted by Crippen LogP contribution is -2.45. The van der Waals surface area contributed by atoms with Gasteiger partial charge in [-0.1, -0.05) is 47.6 Å². The van der Waals surface area contributed by atoms with Crippen molar-refractivity contribution in [2.75, 3.05) is 7.11 Å². The van der Waals surface area contributed by atoms with Gasteiger partial charge in [0.25, 0.3) is 5.89 Å². The van der Waals surface area contributed by atoms with Crippen LogP contribution in [-0.4, -0.2) is 27.3 Å². The second kappa shape index (κ2) is 9.68. The number of halogens is 1. The highest BCUT2D eigenvalue weighted by molar-refractivity contribution is 7.80. The van der Waals surface area contributed by atoms with Crippen LogP contribution in [0.2, 0.25) is 0 Å². The molecule has 0 fully saturated rings. The van der Waals surface area contributed by atoms with E-state index in [4.69, 9.17) is 21.5 Å². The number of rotatable bonds is 6. The Balaban J connectivity index is 1.60. The molecule has 4 aromatic rings. The normalized spacial score (nSPS) is 15.8. The predicted octanol–water partition coefficient (Wildman–Crippen LogP) is 5.75. The highest BCUT2D eigenvalue weighted by atomic mass is 32.1. The van der Waals surface area contributed by atoms with Crippen molar-refractivity contribution in [3.63, 3.8) is 0 Å². The van der Waals surface area contributed by atoms with Gasteiger partial charge in [-0.15, -0.1) is 0 Å². The highest BCUT2D eigenvalue weighted by Gasteiger charge is 2.34. The van der Waals surface area contributed by atoms with Crippen molar-refractivity contribution >= 4 is 22.9 Å². The van der Waals surface area contributed by atoms with Gasteiger partial charge < -0.3 is 19.5 Å². The number of nitrogens with one attached hydrogen (secondary N) is 1. The van der Waals surface area contributed by atoms with Gasteiger partial charge in [0.1, 0.15) is 11.6 Å². The number of hydrogen-bond acceptors (Lipinski definition) is 5. The summed E-state index contributed by atoms with van der Waals surface area (Å²) in [5, 5.41) is 8.22. The molecule has 1 aliphatic heterocycles. The van der Waals surface area contributed by atoms with Crippen LogP contribution in [0.4, 0.5) is 4.39 Å². The number of allylic oxidation sites excluding steroid dienone is 1. The van der Waals surface area contributed by atoms with Crippen molar-refractivity contribution in [2.24, 2.45) is 0 Å². The maximum absolute atomic E-state index is 13.4. The Bertz CT molecular complexity index is 1390. The lowest BCUT2D eigenvalue weighted by molar-refractivity contribution is 0.395. The van der Waals surface area contributed by atoms with Crippen LogP contribution in [0.15, 0.2) is 89.1 Å². The molecular weight excluding hydrogens is 463 g/mol. The maximum atomic E-state index is 13.4. The molecule has 0 bridgehead atoms. The summed E-state index contributed by atoms with van der Waals surface area (Å²) in [7, 11) is 1.63. The molecule has 1 aromatic heterocycles. The number of methoxy groups -OCH3 is 1. The van der Waals surface area contributed by atoms with Gasteiger partial charge in [0.2, 0.25) is 5.82 Å². The molecule has 2 heterocycles. The minimum Gasteiger partial charge on any atom is -0.497 e. The maximum Gasteiger partial charge on any atom is 0.258 e. The van der Waals surface area contributed by atoms with Crippen LogP contribution in [-0.2, 0) is 6.54 Å². The molecule has 0 saturated heterocycles. The summed E-state index contributed by atoms with van der Waals surface area (Å²) < 4.78 is 24.6. The largest absolute Gasteiger partial charge is 0.497 e. The molecule has 0 amide bonds. The van der Waals surface area contributed by atoms with Crippen molar-refractivity contribution in [1.82, 2.24) is 20.4 Å². The standard InChI is InChI=1S/C27H23FN4O2S/c1-17-23(26-30-25(31-34-26)19-11-13-21(28)14-12-19)24(20-9-6-10-22(15-20)33-2)29-27(35)32(17)16-18-7-4-3-5-8-18/h3-15,24H,16H2,1-2H3,(H,29,35). The van der Waals surface area contributed by atoms with Gasteiger partial charge >= 0.3 is 0 Å². The van der Waals surface area contributed by atoms with E-state index in [0.717, 1.165) is 28.1 Å². The summed E-state index contributed by atoms with van der Waals surface area (Å²) in [6, 6.07) is 23.6. The lowest BCUT2D eigenvalue weighted by Gasteiger charge is -2.37. The first-order valence-corrected chi connectivity index (χ1v) is 11.5. The molecule has 176 valence electrons. The van der Waals surface area contributed by atoms with E-state index in [9.17, 15) is 4.39 Å². The van der Waals surface area contributed by atoms with E-state index >= 15 is 0 Å². The molecule has 0 aliphatic carbocycles. The number of hydrogen-bond donors (Lipinski definition) is 1. The molecule has 5 rings (SSSR count). The predicted molar refractivity (Wildman–Crippen MR) is 136 cm³/mol. The molecule has 8 heteroatoms. The van der Waals surface area contributed by atoms with Crippen LogP contribution in [0, 0.1) is 5.82 Å². The second-order valence-electron chi connectivity index (χ2n) is 8.16. The van der Waals surface area contributed by atoms with Crippen molar-refractivity contribution in [3.05, 3.63) is 107 Å². The van der Waals surface area contributed by atoms with E-state index in [1.165, 1.54) is 12.1 Å². The number of aromatic nitrogens is 2. The first kappa shape index (κ1) is 22.7. The Kier molecular flexibility index (Phi) is 6.29. The fourth-order valence-corrected chi connectivity index (χ4v) is 4.45. The smallest absolute Gasteiger partial charge is 0.258 e. The molecule has 1 unspecified atom stereocenters. The fourth-order valence-electron chi connectivity index (χ4n) is 4.13. The van der Waals surface area contributed by atoms with Gasteiger partial charge in [-0.2, -0.15) is 4.98 Å². The van der Waals surface area contributed by atoms with Crippen LogP contribution < -0.4 is 10.1 Å². The van der Waals surface area contributed by atoms with E-state index in [-0.39, 0.29) is 11.9 Å². The van der Waals surface area contributed by atoms with E-state index in [2.05, 4.69) is 27.6 Å². The zero-order chi connectivity index (χ0) is 24.4. The van der Waals surface area contributed by atoms with Crippen molar-refractivity contribution in [2.45, 2.75) is 19.5 Å². The molecule has 1 N–H and O–H groups in total. The fraction of sp³-hybridized carbons (Fsp3) is 0.148. The molecule has 6 nitrogen and oxygen atoms in total. The average Bonchev–Trinajstić information content (AvgIpc) is 3.37. The SMILES string of the molecule is COc1cccc(C2NC(=S)N(Cc3ccccc3)C(C)=C2c2nc(-c3ccc(F)cc3)no2)c1. The molecule has 0 radical (unpaired) electrons. The number of thiocarbonyl (C=S) groups is 1. The van der Waals surface area contributed by atoms with Crippen LogP contribution in [0.3, 0.4) is 0 Å². The minimum atomic E-state index is -0.328. The zero-order valence-corrected chi connectivity index (χ0v) is 20.1. The number of ether oxygens (including phenoxy) is 1. The summed E-state index contributed by atoms with van der Waals surface area (Å²) in [6.45, 7) is 2.59. The van der Waals surface area contributed by atoms with Gasteiger partial charge in [-0.05, 0) is 66.7 Å². The Morgan fingerprint density at radius 2 is 1.83 bits per heavy atom. The Hall–Kier alpha value is -4.04. The monoisotopic (exact) mass is 486 g/mol. The van der Waals surface area contributed by atoms with Gasteiger partial charge in [-0.25, -0.2) is 4.39 Å². The first-order valence-electron chi connectivity index (χ1n) is 11.1. The summed E-state index contributed by atoms with van der Waals surface area (Å²) in [5.41, 5.74) is 4.44. The van der Waals surface area contributed by atoms with Crippen LogP contribution in [0.1, 0.15) is 30.0 Å². The van der Waals surface area contributed by atoms with Gasteiger partial charge in [-0.3, -0.25) is 0 Å². The number of nitrogens with zero attached hydrogens (tertiary/aromatic N) is 3. The topological polar surface area (TPSA) is 63.4 Å². The Morgan fingerprint density at radius 3 is 2.57 bits per heavy atom. The minimum absolute atomic E-state index is 0.323. The molecule has 35 heavy (non-hydrogen) atoms. The molecule has 0 saturated carbocycles. The molecule has 3 aromatic carbocycles. The van der Waals surface area contributed by atoms with E-state index < -0.39 is 0 Å². The van der Waals surface area contributed by atoms with Crippen LogP contribution >= 0.6 is 12.2 Å². The summed E-state index contributed by atoms with van der Waals surface area (Å²) in [6.07, 6.45) is 0.